The quantitative estimate of drug-likeness (QED) is 0.887. The summed E-state index contributed by atoms with van der Waals surface area (Å²) in [6.07, 6.45) is 6.82. The maximum atomic E-state index is 9.67. The van der Waals surface area contributed by atoms with Crippen LogP contribution in [0.1, 0.15) is 19.8 Å². The topological polar surface area (TPSA) is 62.5 Å². The van der Waals surface area contributed by atoms with Gasteiger partial charge in [0.15, 0.2) is 11.5 Å². The number of aliphatic hydroxyl groups excluding tert-OH is 1. The summed E-state index contributed by atoms with van der Waals surface area (Å²) in [6, 6.07) is 0. The standard InChI is InChI=1S/C11H15BrN4O/c1-2-3-8(17)6-14-10-11-13-4-5-16(11)7-9(12)15-10/h4-5,7-8,17H,2-3,6H2,1H3,(H,14,15). The van der Waals surface area contributed by atoms with Crippen molar-refractivity contribution >= 4 is 27.4 Å². The number of hydrogen-bond acceptors (Lipinski definition) is 4. The highest BCUT2D eigenvalue weighted by atomic mass is 79.9. The number of hydrogen-bond donors (Lipinski definition) is 2. The summed E-state index contributed by atoms with van der Waals surface area (Å²) in [7, 11) is 0. The zero-order valence-corrected chi connectivity index (χ0v) is 11.2. The summed E-state index contributed by atoms with van der Waals surface area (Å²) < 4.78 is 2.61. The van der Waals surface area contributed by atoms with Crippen LogP contribution >= 0.6 is 15.9 Å². The van der Waals surface area contributed by atoms with Crippen LogP contribution in [0.5, 0.6) is 0 Å². The van der Waals surface area contributed by atoms with Gasteiger partial charge < -0.3 is 14.8 Å². The Balaban J connectivity index is 2.14. The third-order valence-electron chi connectivity index (χ3n) is 2.47. The summed E-state index contributed by atoms with van der Waals surface area (Å²) in [4.78, 5) is 8.54. The number of anilines is 1. The van der Waals surface area contributed by atoms with Gasteiger partial charge >= 0.3 is 0 Å². The first-order valence-electron chi connectivity index (χ1n) is 5.62. The zero-order valence-electron chi connectivity index (χ0n) is 9.60. The Kier molecular flexibility index (Phi) is 3.96. The predicted molar refractivity (Wildman–Crippen MR) is 70.1 cm³/mol. The van der Waals surface area contributed by atoms with Gasteiger partial charge in [0.05, 0.1) is 6.10 Å². The molecule has 1 atom stereocenters. The van der Waals surface area contributed by atoms with E-state index in [4.69, 9.17) is 0 Å². The highest BCUT2D eigenvalue weighted by Crippen LogP contribution is 2.16. The van der Waals surface area contributed by atoms with Crippen LogP contribution in [-0.4, -0.2) is 32.1 Å². The molecule has 0 amide bonds. The van der Waals surface area contributed by atoms with Gasteiger partial charge in [-0.15, -0.1) is 0 Å². The van der Waals surface area contributed by atoms with Gasteiger partial charge in [0.2, 0.25) is 0 Å². The first-order valence-corrected chi connectivity index (χ1v) is 6.41. The second kappa shape index (κ2) is 5.46. The van der Waals surface area contributed by atoms with Crippen LogP contribution in [0.3, 0.4) is 0 Å². The van der Waals surface area contributed by atoms with Gasteiger partial charge in [0.25, 0.3) is 0 Å². The molecule has 2 rings (SSSR count). The van der Waals surface area contributed by atoms with Crippen LogP contribution in [0, 0.1) is 0 Å². The van der Waals surface area contributed by atoms with Crippen LogP contribution < -0.4 is 5.32 Å². The maximum Gasteiger partial charge on any atom is 0.180 e. The van der Waals surface area contributed by atoms with Crippen molar-refractivity contribution in [2.24, 2.45) is 0 Å². The van der Waals surface area contributed by atoms with Crippen LogP contribution in [-0.2, 0) is 0 Å². The summed E-state index contributed by atoms with van der Waals surface area (Å²) in [5.41, 5.74) is 0.761. The van der Waals surface area contributed by atoms with Crippen molar-refractivity contribution in [2.45, 2.75) is 25.9 Å². The summed E-state index contributed by atoms with van der Waals surface area (Å²) in [5.74, 6) is 0.680. The lowest BCUT2D eigenvalue weighted by atomic mass is 10.2. The molecule has 0 bridgehead atoms. The molecule has 0 aliphatic carbocycles. The predicted octanol–water partition coefficient (Wildman–Crippen LogP) is 2.06. The zero-order chi connectivity index (χ0) is 12.3. The molecule has 0 aromatic carbocycles. The largest absolute Gasteiger partial charge is 0.391 e. The minimum absolute atomic E-state index is 0.351. The molecule has 17 heavy (non-hydrogen) atoms. The maximum absolute atomic E-state index is 9.67. The molecular weight excluding hydrogens is 284 g/mol. The average Bonchev–Trinajstić information content (AvgIpc) is 2.74. The highest BCUT2D eigenvalue weighted by molar-refractivity contribution is 9.10. The van der Waals surface area contributed by atoms with Crippen LogP contribution in [0.15, 0.2) is 23.2 Å². The molecule has 6 heteroatoms. The smallest absolute Gasteiger partial charge is 0.180 e. The fraction of sp³-hybridized carbons (Fsp3) is 0.455. The molecule has 0 aliphatic heterocycles. The molecule has 0 saturated heterocycles. The Morgan fingerprint density at radius 2 is 2.41 bits per heavy atom. The van der Waals surface area contributed by atoms with Gasteiger partial charge in [-0.2, -0.15) is 0 Å². The molecule has 0 radical (unpaired) electrons. The molecule has 5 nitrogen and oxygen atoms in total. The Hall–Kier alpha value is -1.14. The van der Waals surface area contributed by atoms with E-state index in [0.29, 0.717) is 12.4 Å². The van der Waals surface area contributed by atoms with Gasteiger partial charge in [-0.1, -0.05) is 13.3 Å². The number of rotatable bonds is 5. The number of aromatic nitrogens is 3. The number of halogens is 1. The number of aliphatic hydroxyl groups is 1. The number of nitrogens with one attached hydrogen (secondary N) is 1. The normalized spacial score (nSPS) is 12.9. The van der Waals surface area contributed by atoms with Crippen molar-refractivity contribution in [2.75, 3.05) is 11.9 Å². The van der Waals surface area contributed by atoms with Crippen LogP contribution in [0.2, 0.25) is 0 Å². The average molecular weight is 299 g/mol. The van der Waals surface area contributed by atoms with E-state index < -0.39 is 0 Å². The second-order valence-corrected chi connectivity index (χ2v) is 4.71. The first kappa shape index (κ1) is 12.3. The monoisotopic (exact) mass is 298 g/mol. The fourth-order valence-corrected chi connectivity index (χ4v) is 2.07. The summed E-state index contributed by atoms with van der Waals surface area (Å²) in [6.45, 7) is 2.53. The molecule has 0 fully saturated rings. The lowest BCUT2D eigenvalue weighted by molar-refractivity contribution is 0.176. The van der Waals surface area contributed by atoms with Gasteiger partial charge in [-0.25, -0.2) is 9.97 Å². The van der Waals surface area contributed by atoms with Crippen molar-refractivity contribution in [3.8, 4) is 0 Å². The van der Waals surface area contributed by atoms with E-state index in [2.05, 4.69) is 31.2 Å². The highest BCUT2D eigenvalue weighted by Gasteiger charge is 2.08. The Morgan fingerprint density at radius 3 is 3.18 bits per heavy atom. The fourth-order valence-electron chi connectivity index (χ4n) is 1.67. The Labute approximate surface area is 108 Å². The molecule has 0 spiro atoms. The van der Waals surface area contributed by atoms with E-state index in [1.54, 1.807) is 6.20 Å². The van der Waals surface area contributed by atoms with Crippen molar-refractivity contribution in [3.05, 3.63) is 23.2 Å². The molecule has 1 unspecified atom stereocenters. The SMILES string of the molecule is CCCC(O)CNc1nc(Br)cn2ccnc12. The van der Waals surface area contributed by atoms with Gasteiger partial charge in [-0.05, 0) is 22.4 Å². The molecule has 2 N–H and O–H groups in total. The summed E-state index contributed by atoms with van der Waals surface area (Å²) >= 11 is 3.34. The van der Waals surface area contributed by atoms with E-state index in [1.165, 1.54) is 0 Å². The minimum Gasteiger partial charge on any atom is -0.391 e. The van der Waals surface area contributed by atoms with Crippen LogP contribution in [0.25, 0.3) is 5.65 Å². The molecule has 0 saturated carbocycles. The van der Waals surface area contributed by atoms with Gasteiger partial charge in [0.1, 0.15) is 4.60 Å². The van der Waals surface area contributed by atoms with Crippen molar-refractivity contribution in [1.82, 2.24) is 14.4 Å². The van der Waals surface area contributed by atoms with Gasteiger partial charge in [0, 0.05) is 25.1 Å². The Bertz CT molecular complexity index is 499. The number of imidazole rings is 1. The van der Waals surface area contributed by atoms with Crippen molar-refractivity contribution in [1.29, 1.82) is 0 Å². The van der Waals surface area contributed by atoms with E-state index in [0.717, 1.165) is 23.1 Å². The van der Waals surface area contributed by atoms with Crippen molar-refractivity contribution < 1.29 is 5.11 Å². The van der Waals surface area contributed by atoms with E-state index in [-0.39, 0.29) is 6.10 Å². The number of fused-ring (bicyclic) bond motifs is 1. The first-order chi connectivity index (χ1) is 8.20. The second-order valence-electron chi connectivity index (χ2n) is 3.89. The lowest BCUT2D eigenvalue weighted by Gasteiger charge is -2.11. The molecule has 0 aliphatic rings. The van der Waals surface area contributed by atoms with Crippen molar-refractivity contribution in [3.63, 3.8) is 0 Å². The van der Waals surface area contributed by atoms with Crippen LogP contribution in [0.4, 0.5) is 5.82 Å². The number of nitrogens with zero attached hydrogens (tertiary/aromatic N) is 3. The van der Waals surface area contributed by atoms with E-state index in [9.17, 15) is 5.11 Å². The Morgan fingerprint density at radius 1 is 1.59 bits per heavy atom. The third kappa shape index (κ3) is 2.95. The molecule has 2 aromatic heterocycles. The third-order valence-corrected chi connectivity index (χ3v) is 2.85. The lowest BCUT2D eigenvalue weighted by Crippen LogP contribution is -2.20. The molecule has 2 aromatic rings. The molecule has 2 heterocycles. The minimum atomic E-state index is -0.351. The van der Waals surface area contributed by atoms with E-state index >= 15 is 0 Å². The van der Waals surface area contributed by atoms with Gasteiger partial charge in [-0.3, -0.25) is 0 Å². The molecule has 92 valence electrons. The van der Waals surface area contributed by atoms with E-state index in [1.807, 2.05) is 23.7 Å². The summed E-state index contributed by atoms with van der Waals surface area (Å²) in [5, 5.41) is 12.8. The molecular formula is C11H15BrN4O.